The van der Waals surface area contributed by atoms with Crippen LogP contribution in [0.25, 0.3) is 0 Å². The summed E-state index contributed by atoms with van der Waals surface area (Å²) in [5.74, 6) is -0.397. The molecule has 9 nitrogen and oxygen atoms in total. The molecule has 0 saturated heterocycles. The van der Waals surface area contributed by atoms with Crippen LogP contribution in [-0.2, 0) is 27.9 Å². The highest BCUT2D eigenvalue weighted by atomic mass is 31.2. The van der Waals surface area contributed by atoms with Crippen molar-refractivity contribution in [2.24, 2.45) is 0 Å². The zero-order chi connectivity index (χ0) is 38.9. The summed E-state index contributed by atoms with van der Waals surface area (Å²) in [4.78, 5) is 22.5. The largest absolute Gasteiger partial charge is 0.472 e. The van der Waals surface area contributed by atoms with Crippen molar-refractivity contribution < 1.29 is 43.0 Å². The first-order valence-electron chi connectivity index (χ1n) is 20.8. The predicted octanol–water partition coefficient (Wildman–Crippen LogP) is 11.2. The lowest BCUT2D eigenvalue weighted by molar-refractivity contribution is -0.154. The first-order chi connectivity index (χ1) is 25.8. The van der Waals surface area contributed by atoms with Crippen molar-refractivity contribution in [2.75, 3.05) is 33.0 Å². The molecule has 0 aliphatic carbocycles. The Kier molecular flexibility index (Phi) is 38.5. The molecule has 0 rings (SSSR count). The Bertz CT molecular complexity index is 1010. The molecule has 0 spiro atoms. The van der Waals surface area contributed by atoms with Gasteiger partial charge in [-0.3, -0.25) is 13.8 Å². The van der Waals surface area contributed by atoms with Crippen LogP contribution in [0.2, 0.25) is 0 Å². The van der Waals surface area contributed by atoms with Gasteiger partial charge in [-0.1, -0.05) is 158 Å². The van der Waals surface area contributed by atoms with Gasteiger partial charge < -0.3 is 24.6 Å². The van der Waals surface area contributed by atoms with Crippen LogP contribution in [0.1, 0.15) is 162 Å². The summed E-state index contributed by atoms with van der Waals surface area (Å²) < 4.78 is 33.2. The highest BCUT2D eigenvalue weighted by Gasteiger charge is 2.26. The van der Waals surface area contributed by atoms with Gasteiger partial charge in [-0.15, -0.1) is 0 Å². The van der Waals surface area contributed by atoms with Crippen molar-refractivity contribution in [2.45, 2.75) is 174 Å². The van der Waals surface area contributed by atoms with Gasteiger partial charge in [0, 0.05) is 13.0 Å². The Morgan fingerprint density at radius 3 is 1.62 bits per heavy atom. The van der Waals surface area contributed by atoms with E-state index in [1.54, 1.807) is 0 Å². The van der Waals surface area contributed by atoms with Gasteiger partial charge in [0.1, 0.15) is 12.2 Å². The van der Waals surface area contributed by atoms with E-state index in [0.29, 0.717) is 13.0 Å². The molecule has 53 heavy (non-hydrogen) atoms. The first-order valence-corrected chi connectivity index (χ1v) is 22.3. The van der Waals surface area contributed by atoms with E-state index in [0.717, 1.165) is 77.0 Å². The zero-order valence-corrected chi connectivity index (χ0v) is 34.4. The molecule has 0 bridgehead atoms. The number of phosphoric acid groups is 1. The highest BCUT2D eigenvalue weighted by molar-refractivity contribution is 7.47. The zero-order valence-electron chi connectivity index (χ0n) is 33.5. The van der Waals surface area contributed by atoms with Crippen LogP contribution >= 0.6 is 7.82 Å². The second kappa shape index (κ2) is 39.8. The first kappa shape index (κ1) is 51.2. The van der Waals surface area contributed by atoms with Gasteiger partial charge in [0.2, 0.25) is 0 Å². The quantitative estimate of drug-likeness (QED) is 0.0242. The van der Waals surface area contributed by atoms with Gasteiger partial charge in [-0.05, 0) is 57.8 Å². The monoisotopic (exact) mass is 769 g/mol. The molecular formula is C43H77O9P. The molecule has 0 aliphatic heterocycles. The van der Waals surface area contributed by atoms with Crippen molar-refractivity contribution in [1.82, 2.24) is 0 Å². The normalized spacial score (nSPS) is 14.7. The minimum atomic E-state index is -4.51. The maximum atomic E-state index is 12.6. The number of allylic oxidation sites excluding steroid dienone is 10. The van der Waals surface area contributed by atoms with E-state index in [1.165, 1.54) is 57.8 Å². The fourth-order valence-corrected chi connectivity index (χ4v) is 6.11. The molecule has 10 heteroatoms. The SMILES string of the molecule is CC/C=C\C/C=C\C/C=C\C/C=C\C/C=C\CCCCCCCCCC(=O)OC(COCCCCCCCCCCC)COP(=O)(O)OCC(O)CO. The van der Waals surface area contributed by atoms with Crippen molar-refractivity contribution in [3.05, 3.63) is 60.8 Å². The van der Waals surface area contributed by atoms with Crippen LogP contribution in [0.5, 0.6) is 0 Å². The highest BCUT2D eigenvalue weighted by Crippen LogP contribution is 2.43. The molecular weight excluding hydrogens is 691 g/mol. The number of rotatable bonds is 39. The number of phosphoric ester groups is 1. The Morgan fingerprint density at radius 2 is 1.08 bits per heavy atom. The Labute approximate surface area is 323 Å². The van der Waals surface area contributed by atoms with Crippen molar-refractivity contribution in [1.29, 1.82) is 0 Å². The number of carbonyl (C=O) groups is 1. The van der Waals surface area contributed by atoms with Gasteiger partial charge >= 0.3 is 13.8 Å². The average Bonchev–Trinajstić information content (AvgIpc) is 3.15. The minimum Gasteiger partial charge on any atom is -0.457 e. The molecule has 0 aromatic heterocycles. The molecule has 0 heterocycles. The Morgan fingerprint density at radius 1 is 0.604 bits per heavy atom. The molecule has 0 aromatic rings. The van der Waals surface area contributed by atoms with Gasteiger partial charge in [0.15, 0.2) is 0 Å². The third-order valence-electron chi connectivity index (χ3n) is 8.47. The van der Waals surface area contributed by atoms with Crippen LogP contribution in [-0.4, -0.2) is 66.3 Å². The van der Waals surface area contributed by atoms with E-state index in [1.807, 2.05) is 0 Å². The summed E-state index contributed by atoms with van der Waals surface area (Å²) >= 11 is 0. The Hall–Kier alpha value is -1.84. The maximum absolute atomic E-state index is 12.6. The number of esters is 1. The number of aliphatic hydroxyl groups excluding tert-OH is 2. The lowest BCUT2D eigenvalue weighted by Crippen LogP contribution is -2.29. The maximum Gasteiger partial charge on any atom is 0.472 e. The molecule has 0 aromatic carbocycles. The summed E-state index contributed by atoms with van der Waals surface area (Å²) in [6.45, 7) is 3.36. The van der Waals surface area contributed by atoms with E-state index in [4.69, 9.17) is 23.6 Å². The van der Waals surface area contributed by atoms with E-state index in [9.17, 15) is 19.4 Å². The predicted molar refractivity (Wildman–Crippen MR) is 219 cm³/mol. The molecule has 0 fully saturated rings. The number of aliphatic hydroxyl groups is 2. The fourth-order valence-electron chi connectivity index (χ4n) is 5.32. The van der Waals surface area contributed by atoms with Crippen molar-refractivity contribution in [3.63, 3.8) is 0 Å². The fraction of sp³-hybridized carbons (Fsp3) is 0.744. The molecule has 0 radical (unpaired) electrons. The number of carbonyl (C=O) groups excluding carboxylic acids is 1. The lowest BCUT2D eigenvalue weighted by Gasteiger charge is -2.20. The lowest BCUT2D eigenvalue weighted by atomic mass is 10.1. The van der Waals surface area contributed by atoms with E-state index in [2.05, 4.69) is 74.6 Å². The van der Waals surface area contributed by atoms with Crippen molar-refractivity contribution in [3.8, 4) is 0 Å². The van der Waals surface area contributed by atoms with Crippen LogP contribution in [0, 0.1) is 0 Å². The number of ether oxygens (including phenoxy) is 2. The topological polar surface area (TPSA) is 132 Å². The van der Waals surface area contributed by atoms with Gasteiger partial charge in [-0.2, -0.15) is 0 Å². The van der Waals surface area contributed by atoms with Gasteiger partial charge in [0.25, 0.3) is 0 Å². The molecule has 3 N–H and O–H groups in total. The van der Waals surface area contributed by atoms with Crippen LogP contribution in [0.4, 0.5) is 0 Å². The third-order valence-corrected chi connectivity index (χ3v) is 9.42. The molecule has 308 valence electrons. The molecule has 3 atom stereocenters. The summed E-state index contributed by atoms with van der Waals surface area (Å²) in [6.07, 6.45) is 44.7. The van der Waals surface area contributed by atoms with Gasteiger partial charge in [0.05, 0.1) is 26.4 Å². The Balaban J connectivity index is 4.13. The molecule has 0 amide bonds. The molecule has 0 aliphatic rings. The average molecular weight is 769 g/mol. The summed E-state index contributed by atoms with van der Waals surface area (Å²) in [5, 5.41) is 18.3. The standard InChI is InChI=1S/C43H77O9P/c1-3-5-7-9-11-13-14-15-16-17-18-19-20-21-22-23-24-25-26-27-29-31-33-35-43(46)52-42(40-51-53(47,48)50-38-41(45)37-44)39-49-36-34-32-30-28-12-10-8-6-4-2/h5,7,11,13,15-16,18-19,21-22,41-42,44-45H,3-4,6,8-10,12,14,17,20,23-40H2,1-2H3,(H,47,48)/b7-5-,13-11-,16-15-,19-18-,22-21-. The summed E-state index contributed by atoms with van der Waals surface area (Å²) in [6, 6.07) is 0. The van der Waals surface area contributed by atoms with E-state index in [-0.39, 0.29) is 19.6 Å². The molecule has 0 saturated carbocycles. The smallest absolute Gasteiger partial charge is 0.457 e. The van der Waals surface area contributed by atoms with Gasteiger partial charge in [-0.25, -0.2) is 4.57 Å². The number of unbranched alkanes of at least 4 members (excludes halogenated alkanes) is 15. The van der Waals surface area contributed by atoms with Crippen LogP contribution in [0.15, 0.2) is 60.8 Å². The van der Waals surface area contributed by atoms with Crippen molar-refractivity contribution >= 4 is 13.8 Å². The minimum absolute atomic E-state index is 0.0433. The summed E-state index contributed by atoms with van der Waals surface area (Å²) in [7, 11) is -4.51. The second-order valence-electron chi connectivity index (χ2n) is 13.6. The van der Waals surface area contributed by atoms with Crippen LogP contribution < -0.4 is 0 Å². The second-order valence-corrected chi connectivity index (χ2v) is 15.1. The number of hydrogen-bond donors (Lipinski definition) is 3. The van der Waals surface area contributed by atoms with E-state index >= 15 is 0 Å². The molecule has 3 unspecified atom stereocenters. The van der Waals surface area contributed by atoms with Crippen LogP contribution in [0.3, 0.4) is 0 Å². The summed E-state index contributed by atoms with van der Waals surface area (Å²) in [5.41, 5.74) is 0. The third kappa shape index (κ3) is 39.7. The van der Waals surface area contributed by atoms with E-state index < -0.39 is 39.2 Å². The number of hydrogen-bond acceptors (Lipinski definition) is 8.